The minimum absolute atomic E-state index is 0.0296. The Balaban J connectivity index is 1.68. The number of carbonyl (C=O) groups is 2. The molecule has 36 heavy (non-hydrogen) atoms. The Hall–Kier alpha value is -2.85. The summed E-state index contributed by atoms with van der Waals surface area (Å²) in [7, 11) is 0. The van der Waals surface area contributed by atoms with Gasteiger partial charge in [0.25, 0.3) is 0 Å². The number of likely N-dealkylation sites (tertiary alicyclic amines) is 1. The van der Waals surface area contributed by atoms with Crippen LogP contribution < -0.4 is 4.90 Å². The van der Waals surface area contributed by atoms with Gasteiger partial charge < -0.3 is 18.8 Å². The molecular formula is C25H31ClN4O5S. The van der Waals surface area contributed by atoms with Crippen molar-refractivity contribution in [1.29, 1.82) is 0 Å². The molecule has 1 aliphatic heterocycles. The van der Waals surface area contributed by atoms with E-state index < -0.39 is 17.3 Å². The van der Waals surface area contributed by atoms with Crippen LogP contribution in [0.5, 0.6) is 0 Å². The fourth-order valence-corrected chi connectivity index (χ4v) is 5.35. The molecule has 11 heteroatoms. The molecule has 1 fully saturated rings. The van der Waals surface area contributed by atoms with E-state index in [4.69, 9.17) is 25.5 Å². The number of carbonyl (C=O) groups excluding carboxylic acids is 2. The van der Waals surface area contributed by atoms with Gasteiger partial charge in [0.15, 0.2) is 5.82 Å². The molecule has 0 atom stereocenters. The van der Waals surface area contributed by atoms with Gasteiger partial charge in [-0.1, -0.05) is 0 Å². The minimum atomic E-state index is -0.706. The van der Waals surface area contributed by atoms with Gasteiger partial charge in [-0.2, -0.15) is 4.98 Å². The molecule has 4 heterocycles. The number of furan rings is 1. The molecule has 0 saturated carbocycles. The summed E-state index contributed by atoms with van der Waals surface area (Å²) in [4.78, 5) is 38.8. The minimum Gasteiger partial charge on any atom is -0.467 e. The van der Waals surface area contributed by atoms with Crippen molar-refractivity contribution in [3.05, 3.63) is 39.9 Å². The second-order valence-electron chi connectivity index (χ2n) is 10.8. The lowest BCUT2D eigenvalue weighted by Gasteiger charge is -2.39. The molecule has 0 radical (unpaired) electrons. The van der Waals surface area contributed by atoms with E-state index in [1.165, 1.54) is 16.2 Å². The van der Waals surface area contributed by atoms with Crippen molar-refractivity contribution < 1.29 is 23.5 Å². The van der Waals surface area contributed by atoms with Gasteiger partial charge in [-0.15, -0.1) is 11.3 Å². The summed E-state index contributed by atoms with van der Waals surface area (Å²) in [6.45, 7) is 14.1. The largest absolute Gasteiger partial charge is 0.467 e. The molecule has 0 bridgehead atoms. The Labute approximate surface area is 219 Å². The molecule has 0 aromatic carbocycles. The summed E-state index contributed by atoms with van der Waals surface area (Å²) in [5.74, 6) is 1.06. The van der Waals surface area contributed by atoms with E-state index in [9.17, 15) is 9.59 Å². The number of nitrogens with zero attached hydrogens (tertiary/aromatic N) is 4. The number of thiophene rings is 1. The van der Waals surface area contributed by atoms with Crippen molar-refractivity contribution in [1.82, 2.24) is 14.9 Å². The van der Waals surface area contributed by atoms with Gasteiger partial charge in [0.1, 0.15) is 17.0 Å². The second kappa shape index (κ2) is 9.55. The average molecular weight is 535 g/mol. The summed E-state index contributed by atoms with van der Waals surface area (Å²) >= 11 is 7.84. The number of hydrogen-bond donors (Lipinski definition) is 0. The van der Waals surface area contributed by atoms with Crippen molar-refractivity contribution in [3.63, 3.8) is 0 Å². The Morgan fingerprint density at radius 2 is 1.83 bits per heavy atom. The Morgan fingerprint density at radius 3 is 2.42 bits per heavy atom. The maximum Gasteiger partial charge on any atom is 0.416 e. The summed E-state index contributed by atoms with van der Waals surface area (Å²) in [6, 6.07) is 3.54. The lowest BCUT2D eigenvalue weighted by Crippen LogP contribution is -2.50. The third kappa shape index (κ3) is 5.75. The van der Waals surface area contributed by atoms with E-state index in [2.05, 4.69) is 9.97 Å². The SMILES string of the molecule is Cc1c(C2CN(C(=O)OC(C)(C)C)C2)sc2c(N(Cc3ccco3)C(=O)OC(C)(C)C)nc(Cl)nc12. The first-order valence-corrected chi connectivity index (χ1v) is 12.9. The third-order valence-electron chi connectivity index (χ3n) is 5.42. The molecule has 0 spiro atoms. The predicted molar refractivity (Wildman–Crippen MR) is 139 cm³/mol. The van der Waals surface area contributed by atoms with E-state index in [0.29, 0.717) is 30.2 Å². The number of anilines is 1. The van der Waals surface area contributed by atoms with Crippen LogP contribution in [-0.4, -0.2) is 51.3 Å². The molecule has 9 nitrogen and oxygen atoms in total. The number of ether oxygens (including phenoxy) is 2. The molecule has 1 saturated heterocycles. The van der Waals surface area contributed by atoms with Crippen molar-refractivity contribution in [2.24, 2.45) is 0 Å². The normalized spacial score (nSPS) is 14.6. The number of amides is 2. The Bertz CT molecular complexity index is 1270. The van der Waals surface area contributed by atoms with Crippen LogP contribution in [0.25, 0.3) is 10.2 Å². The fourth-order valence-electron chi connectivity index (χ4n) is 3.86. The average Bonchev–Trinajstić information content (AvgIpc) is 3.31. The highest BCUT2D eigenvalue weighted by Gasteiger charge is 2.37. The molecule has 4 rings (SSSR count). The first-order chi connectivity index (χ1) is 16.7. The smallest absolute Gasteiger partial charge is 0.416 e. The van der Waals surface area contributed by atoms with E-state index in [0.717, 1.165) is 15.1 Å². The number of rotatable bonds is 4. The predicted octanol–water partition coefficient (Wildman–Crippen LogP) is 6.52. The van der Waals surface area contributed by atoms with Crippen LogP contribution >= 0.6 is 22.9 Å². The maximum atomic E-state index is 13.3. The maximum absolute atomic E-state index is 13.3. The second-order valence-corrected chi connectivity index (χ2v) is 12.2. The van der Waals surface area contributed by atoms with Crippen molar-refractivity contribution >= 4 is 51.2 Å². The van der Waals surface area contributed by atoms with E-state index in [1.54, 1.807) is 44.1 Å². The van der Waals surface area contributed by atoms with Crippen molar-refractivity contribution in [2.75, 3.05) is 18.0 Å². The number of fused-ring (bicyclic) bond motifs is 1. The molecule has 194 valence electrons. The summed E-state index contributed by atoms with van der Waals surface area (Å²) in [6.07, 6.45) is 0.656. The van der Waals surface area contributed by atoms with Gasteiger partial charge >= 0.3 is 12.2 Å². The number of aromatic nitrogens is 2. The molecular weight excluding hydrogens is 504 g/mol. The van der Waals surface area contributed by atoms with Gasteiger partial charge in [0, 0.05) is 23.9 Å². The first kappa shape index (κ1) is 26.2. The molecule has 2 amide bonds. The lowest BCUT2D eigenvalue weighted by molar-refractivity contribution is 0.00840. The summed E-state index contributed by atoms with van der Waals surface area (Å²) in [5, 5.41) is 0.0296. The summed E-state index contributed by atoms with van der Waals surface area (Å²) < 4.78 is 17.4. The third-order valence-corrected chi connectivity index (χ3v) is 7.03. The topological polar surface area (TPSA) is 98.0 Å². The number of hydrogen-bond acceptors (Lipinski definition) is 8. The fraction of sp³-hybridized carbons (Fsp3) is 0.520. The highest BCUT2D eigenvalue weighted by atomic mass is 35.5. The molecule has 0 unspecified atom stereocenters. The first-order valence-electron chi connectivity index (χ1n) is 11.7. The Morgan fingerprint density at radius 1 is 1.17 bits per heavy atom. The highest BCUT2D eigenvalue weighted by Crippen LogP contribution is 2.43. The lowest BCUT2D eigenvalue weighted by atomic mass is 9.96. The van der Waals surface area contributed by atoms with Crippen LogP contribution in [0.1, 0.15) is 63.7 Å². The molecule has 1 aliphatic rings. The van der Waals surface area contributed by atoms with Gasteiger partial charge in [-0.3, -0.25) is 4.90 Å². The number of halogens is 1. The van der Waals surface area contributed by atoms with Crippen LogP contribution in [-0.2, 0) is 16.0 Å². The zero-order valence-corrected chi connectivity index (χ0v) is 23.1. The van der Waals surface area contributed by atoms with Gasteiger partial charge in [-0.25, -0.2) is 14.6 Å². The standard InChI is InChI=1S/C25H31ClN4O5S/c1-14-17-19(36-18(14)15-11-29(12-15)22(31)34-24(2,3)4)20(28-21(26)27-17)30(13-16-9-8-10-33-16)23(32)35-25(5,6)7/h8-10,15H,11-13H2,1-7H3. The van der Waals surface area contributed by atoms with Crippen LogP contribution in [0.3, 0.4) is 0 Å². The van der Waals surface area contributed by atoms with Gasteiger partial charge in [-0.05, 0) is 77.8 Å². The van der Waals surface area contributed by atoms with Crippen molar-refractivity contribution in [3.8, 4) is 0 Å². The molecule has 0 N–H and O–H groups in total. The number of aryl methyl sites for hydroxylation is 1. The molecule has 3 aromatic heterocycles. The van der Waals surface area contributed by atoms with Crippen LogP contribution in [0.2, 0.25) is 5.28 Å². The Kier molecular flexibility index (Phi) is 6.96. The van der Waals surface area contributed by atoms with Gasteiger partial charge in [0.2, 0.25) is 5.28 Å². The van der Waals surface area contributed by atoms with Crippen LogP contribution in [0, 0.1) is 6.92 Å². The highest BCUT2D eigenvalue weighted by molar-refractivity contribution is 7.20. The zero-order chi connectivity index (χ0) is 26.4. The van der Waals surface area contributed by atoms with Gasteiger partial charge in [0.05, 0.1) is 23.0 Å². The summed E-state index contributed by atoms with van der Waals surface area (Å²) in [5.41, 5.74) is 0.378. The van der Waals surface area contributed by atoms with E-state index in [1.807, 2.05) is 27.7 Å². The van der Waals surface area contributed by atoms with Crippen LogP contribution in [0.15, 0.2) is 22.8 Å². The molecule has 0 aliphatic carbocycles. The van der Waals surface area contributed by atoms with Crippen molar-refractivity contribution in [2.45, 2.75) is 72.1 Å². The van der Waals surface area contributed by atoms with E-state index in [-0.39, 0.29) is 23.8 Å². The van der Waals surface area contributed by atoms with Crippen LogP contribution in [0.4, 0.5) is 15.4 Å². The zero-order valence-electron chi connectivity index (χ0n) is 21.5. The quantitative estimate of drug-likeness (QED) is 0.351. The monoisotopic (exact) mass is 534 g/mol. The molecule has 3 aromatic rings. The van der Waals surface area contributed by atoms with E-state index >= 15 is 0 Å².